The summed E-state index contributed by atoms with van der Waals surface area (Å²) in [7, 11) is 0. The van der Waals surface area contributed by atoms with Crippen molar-refractivity contribution in [2.45, 2.75) is 26.3 Å². The van der Waals surface area contributed by atoms with Gasteiger partial charge in [-0.1, -0.05) is 24.3 Å². The average Bonchev–Trinajstić information content (AvgIpc) is 3.12. The molecule has 182 valence electrons. The van der Waals surface area contributed by atoms with E-state index in [1.165, 1.54) is 17.0 Å². The second-order valence-corrected chi connectivity index (χ2v) is 8.42. The zero-order chi connectivity index (χ0) is 24.9. The zero-order valence-electron chi connectivity index (χ0n) is 19.4. The zero-order valence-corrected chi connectivity index (χ0v) is 19.4. The Morgan fingerprint density at radius 1 is 0.886 bits per heavy atom. The molecule has 2 heterocycles. The number of hydrogen-bond acceptors (Lipinski definition) is 7. The molecule has 3 amide bonds. The lowest BCUT2D eigenvalue weighted by molar-refractivity contribution is -0.151. The Morgan fingerprint density at radius 3 is 2.06 bits per heavy atom. The number of imide groups is 1. The van der Waals surface area contributed by atoms with Crippen molar-refractivity contribution >= 4 is 29.7 Å². The van der Waals surface area contributed by atoms with Gasteiger partial charge < -0.3 is 14.4 Å². The Balaban J connectivity index is 1.26. The van der Waals surface area contributed by atoms with Crippen LogP contribution < -0.4 is 0 Å². The van der Waals surface area contributed by atoms with Crippen LogP contribution in [-0.2, 0) is 25.6 Å². The van der Waals surface area contributed by atoms with E-state index >= 15 is 0 Å². The lowest BCUT2D eigenvalue weighted by Gasteiger charge is -2.30. The van der Waals surface area contributed by atoms with Gasteiger partial charge in [0.15, 0.2) is 6.61 Å². The topological polar surface area (TPSA) is 110 Å². The summed E-state index contributed by atoms with van der Waals surface area (Å²) in [4.78, 5) is 64.4. The van der Waals surface area contributed by atoms with Crippen LogP contribution in [0, 0.1) is 5.92 Å². The van der Waals surface area contributed by atoms with Gasteiger partial charge in [0.1, 0.15) is 0 Å². The molecule has 9 nitrogen and oxygen atoms in total. The number of ether oxygens (including phenoxy) is 2. The lowest BCUT2D eigenvalue weighted by Crippen LogP contribution is -2.42. The Labute approximate surface area is 202 Å². The minimum Gasteiger partial charge on any atom is -0.466 e. The molecule has 1 saturated heterocycles. The number of carbonyl (C=O) groups is 5. The van der Waals surface area contributed by atoms with Crippen LogP contribution in [0.2, 0.25) is 0 Å². The van der Waals surface area contributed by atoms with E-state index in [1.54, 1.807) is 48.2 Å². The van der Waals surface area contributed by atoms with Crippen LogP contribution in [0.5, 0.6) is 0 Å². The van der Waals surface area contributed by atoms with Crippen LogP contribution >= 0.6 is 0 Å². The molecule has 0 atom stereocenters. The summed E-state index contributed by atoms with van der Waals surface area (Å²) in [5, 5.41) is 0. The fourth-order valence-corrected chi connectivity index (χ4v) is 4.24. The summed E-state index contributed by atoms with van der Waals surface area (Å²) in [5.74, 6) is -2.11. The maximum absolute atomic E-state index is 12.5. The first-order valence-electron chi connectivity index (χ1n) is 11.5. The van der Waals surface area contributed by atoms with Gasteiger partial charge in [0, 0.05) is 13.1 Å². The van der Waals surface area contributed by atoms with Crippen LogP contribution in [0.3, 0.4) is 0 Å². The predicted molar refractivity (Wildman–Crippen MR) is 123 cm³/mol. The fourth-order valence-electron chi connectivity index (χ4n) is 4.24. The lowest BCUT2D eigenvalue weighted by atomic mass is 9.97. The van der Waals surface area contributed by atoms with Gasteiger partial charge in [0.05, 0.1) is 35.8 Å². The highest BCUT2D eigenvalue weighted by Crippen LogP contribution is 2.24. The van der Waals surface area contributed by atoms with Crippen molar-refractivity contribution in [3.8, 4) is 0 Å². The highest BCUT2D eigenvalue weighted by atomic mass is 16.5. The van der Waals surface area contributed by atoms with Crippen LogP contribution in [0.25, 0.3) is 0 Å². The van der Waals surface area contributed by atoms with E-state index in [0.29, 0.717) is 49.2 Å². The second kappa shape index (κ2) is 10.5. The predicted octanol–water partition coefficient (Wildman–Crippen LogP) is 2.44. The van der Waals surface area contributed by atoms with Gasteiger partial charge in [-0.25, -0.2) is 4.79 Å². The minimum atomic E-state index is -0.646. The molecule has 0 N–H and O–H groups in total. The van der Waals surface area contributed by atoms with Crippen LogP contribution in [0.15, 0.2) is 48.5 Å². The van der Waals surface area contributed by atoms with E-state index in [1.807, 2.05) is 0 Å². The summed E-state index contributed by atoms with van der Waals surface area (Å²) in [6, 6.07) is 13.0. The van der Waals surface area contributed by atoms with Gasteiger partial charge in [-0.2, -0.15) is 0 Å². The number of benzene rings is 2. The molecule has 0 aromatic heterocycles. The standard InChI is InChI=1S/C26H26N2O7/c1-2-34-25(32)19-11-13-27(14-12-19)22(29)16-35-26(33)18-9-7-17(8-10-18)15-28-23(30)20-5-3-4-6-21(20)24(28)31/h3-10,19H,2,11-16H2,1H3. The summed E-state index contributed by atoms with van der Waals surface area (Å²) >= 11 is 0. The maximum atomic E-state index is 12.5. The molecule has 0 spiro atoms. The first-order chi connectivity index (χ1) is 16.9. The smallest absolute Gasteiger partial charge is 0.338 e. The van der Waals surface area contributed by atoms with E-state index in [2.05, 4.69) is 0 Å². The maximum Gasteiger partial charge on any atom is 0.338 e. The molecule has 2 aliphatic rings. The Kier molecular flexibility index (Phi) is 7.24. The van der Waals surface area contributed by atoms with Crippen molar-refractivity contribution in [1.29, 1.82) is 0 Å². The molecule has 4 rings (SSSR count). The van der Waals surface area contributed by atoms with Crippen molar-refractivity contribution < 1.29 is 33.4 Å². The molecular weight excluding hydrogens is 452 g/mol. The number of piperidine rings is 1. The first kappa shape index (κ1) is 24.1. The molecular formula is C26H26N2O7. The molecule has 2 aromatic carbocycles. The Hall–Kier alpha value is -4.01. The highest BCUT2D eigenvalue weighted by molar-refractivity contribution is 6.21. The fraction of sp³-hybridized carbons (Fsp3) is 0.346. The van der Waals surface area contributed by atoms with Crippen molar-refractivity contribution in [2.24, 2.45) is 5.92 Å². The monoisotopic (exact) mass is 478 g/mol. The van der Waals surface area contributed by atoms with Crippen LogP contribution in [-0.4, -0.2) is 65.8 Å². The molecule has 0 aliphatic carbocycles. The summed E-state index contributed by atoms with van der Waals surface area (Å²) < 4.78 is 10.2. The summed E-state index contributed by atoms with van der Waals surface area (Å²) in [6.45, 7) is 2.60. The number of carbonyl (C=O) groups excluding carboxylic acids is 5. The molecule has 0 bridgehead atoms. The quantitative estimate of drug-likeness (QED) is 0.444. The van der Waals surface area contributed by atoms with Gasteiger partial charge in [0.2, 0.25) is 0 Å². The van der Waals surface area contributed by atoms with Gasteiger partial charge >= 0.3 is 11.9 Å². The van der Waals surface area contributed by atoms with Crippen LogP contribution in [0.1, 0.15) is 56.4 Å². The van der Waals surface area contributed by atoms with E-state index in [9.17, 15) is 24.0 Å². The van der Waals surface area contributed by atoms with Gasteiger partial charge in [-0.3, -0.25) is 24.1 Å². The minimum absolute atomic E-state index is 0.0852. The van der Waals surface area contributed by atoms with Gasteiger partial charge in [-0.05, 0) is 49.6 Å². The summed E-state index contributed by atoms with van der Waals surface area (Å²) in [5.41, 5.74) is 1.70. The van der Waals surface area contributed by atoms with Gasteiger partial charge in [0.25, 0.3) is 17.7 Å². The highest BCUT2D eigenvalue weighted by Gasteiger charge is 2.35. The third-order valence-electron chi connectivity index (χ3n) is 6.20. The molecule has 9 heteroatoms. The molecule has 0 unspecified atom stereocenters. The molecule has 2 aliphatic heterocycles. The molecule has 35 heavy (non-hydrogen) atoms. The van der Waals surface area contributed by atoms with Crippen LogP contribution in [0.4, 0.5) is 0 Å². The number of fused-ring (bicyclic) bond motifs is 1. The Morgan fingerprint density at radius 2 is 1.49 bits per heavy atom. The number of hydrogen-bond donors (Lipinski definition) is 0. The third kappa shape index (κ3) is 5.24. The number of likely N-dealkylation sites (tertiary alicyclic amines) is 1. The largest absolute Gasteiger partial charge is 0.466 e. The second-order valence-electron chi connectivity index (χ2n) is 8.42. The number of esters is 2. The molecule has 0 saturated carbocycles. The normalized spacial score (nSPS) is 15.7. The van der Waals surface area contributed by atoms with Crippen molar-refractivity contribution in [1.82, 2.24) is 9.80 Å². The molecule has 0 radical (unpaired) electrons. The number of rotatable bonds is 7. The number of nitrogens with zero attached hydrogens (tertiary/aromatic N) is 2. The van der Waals surface area contributed by atoms with Crippen molar-refractivity contribution in [3.05, 3.63) is 70.8 Å². The van der Waals surface area contributed by atoms with Crippen molar-refractivity contribution in [3.63, 3.8) is 0 Å². The third-order valence-corrected chi connectivity index (χ3v) is 6.20. The molecule has 2 aromatic rings. The van der Waals surface area contributed by atoms with E-state index in [-0.39, 0.29) is 48.3 Å². The Bertz CT molecular complexity index is 1120. The molecule has 1 fully saturated rings. The van der Waals surface area contributed by atoms with E-state index < -0.39 is 5.97 Å². The average molecular weight is 479 g/mol. The number of amides is 3. The van der Waals surface area contributed by atoms with E-state index in [0.717, 1.165) is 0 Å². The first-order valence-corrected chi connectivity index (χ1v) is 11.5. The van der Waals surface area contributed by atoms with Gasteiger partial charge in [-0.15, -0.1) is 0 Å². The van der Waals surface area contributed by atoms with E-state index in [4.69, 9.17) is 9.47 Å². The summed E-state index contributed by atoms with van der Waals surface area (Å²) in [6.07, 6.45) is 1.04. The van der Waals surface area contributed by atoms with Crippen molar-refractivity contribution in [2.75, 3.05) is 26.3 Å². The SMILES string of the molecule is CCOC(=O)C1CCN(C(=O)COC(=O)c2ccc(CN3C(=O)c4ccccc4C3=O)cc2)CC1.